The van der Waals surface area contributed by atoms with E-state index in [1.807, 2.05) is 17.5 Å². The first kappa shape index (κ1) is 17.4. The summed E-state index contributed by atoms with van der Waals surface area (Å²) in [5.74, 6) is 2.36. The number of hydrogen-bond acceptors (Lipinski definition) is 6. The molecule has 25 heavy (non-hydrogen) atoms. The van der Waals surface area contributed by atoms with Gasteiger partial charge in [-0.1, -0.05) is 0 Å². The molecule has 0 saturated heterocycles. The van der Waals surface area contributed by atoms with Crippen LogP contribution in [0.15, 0.2) is 36.0 Å². The van der Waals surface area contributed by atoms with Crippen molar-refractivity contribution in [2.45, 2.75) is 6.04 Å². The van der Waals surface area contributed by atoms with E-state index < -0.39 is 0 Å². The van der Waals surface area contributed by atoms with Crippen molar-refractivity contribution in [3.63, 3.8) is 0 Å². The van der Waals surface area contributed by atoms with E-state index in [4.69, 9.17) is 9.47 Å². The van der Waals surface area contributed by atoms with Crippen LogP contribution < -0.4 is 19.7 Å². The molecule has 1 atom stereocenters. The molecule has 0 unspecified atom stereocenters. The van der Waals surface area contributed by atoms with Crippen LogP contribution in [0, 0.1) is 0 Å². The number of rotatable bonds is 7. The maximum absolute atomic E-state index is 5.44. The number of ether oxygens (including phenoxy) is 2. The summed E-state index contributed by atoms with van der Waals surface area (Å²) in [5, 5.41) is 6.58. The number of nitrogens with one attached hydrogen (secondary N) is 2. The van der Waals surface area contributed by atoms with Crippen LogP contribution in [0.25, 0.3) is 10.2 Å². The van der Waals surface area contributed by atoms with Crippen molar-refractivity contribution in [2.75, 3.05) is 40.2 Å². The average Bonchev–Trinajstić information content (AvgIpc) is 3.11. The molecule has 0 amide bonds. The van der Waals surface area contributed by atoms with Crippen molar-refractivity contribution in [3.8, 4) is 11.5 Å². The van der Waals surface area contributed by atoms with E-state index in [9.17, 15) is 0 Å². The predicted molar refractivity (Wildman–Crippen MR) is 101 cm³/mol. The number of methoxy groups -OCH3 is 2. The smallest absolute Gasteiger partial charge is 0.161 e. The fourth-order valence-corrected chi connectivity index (χ4v) is 3.59. The fourth-order valence-electron chi connectivity index (χ4n) is 2.85. The van der Waals surface area contributed by atoms with Crippen molar-refractivity contribution in [1.82, 2.24) is 9.97 Å². The standard InChI is InChI=1S/C18H22N4O2S/c1-22(2)14(12-5-6-15(23-3)16(9-12)24-4)10-19-17-13-7-8-25-18(13)21-11-20-17/h5-9,11,14H,10H2,1-4H3,(H,19,20,21)/p+1/t14-/m1/s1. The molecule has 3 aromatic rings. The van der Waals surface area contributed by atoms with E-state index in [1.165, 1.54) is 10.5 Å². The van der Waals surface area contributed by atoms with Gasteiger partial charge in [-0.05, 0) is 29.6 Å². The number of thiophene rings is 1. The Bertz CT molecular complexity index is 850. The first-order chi connectivity index (χ1) is 12.1. The number of anilines is 1. The van der Waals surface area contributed by atoms with Gasteiger partial charge in [-0.2, -0.15) is 0 Å². The van der Waals surface area contributed by atoms with Crippen LogP contribution in [0.2, 0.25) is 0 Å². The molecule has 2 heterocycles. The summed E-state index contributed by atoms with van der Waals surface area (Å²) < 4.78 is 10.8. The molecule has 2 N–H and O–H groups in total. The van der Waals surface area contributed by atoms with Gasteiger partial charge in [-0.3, -0.25) is 0 Å². The minimum Gasteiger partial charge on any atom is -0.493 e. The van der Waals surface area contributed by atoms with Crippen LogP contribution in [0.5, 0.6) is 11.5 Å². The number of benzene rings is 1. The minimum atomic E-state index is 0.239. The molecule has 0 saturated carbocycles. The van der Waals surface area contributed by atoms with Gasteiger partial charge in [0.15, 0.2) is 11.5 Å². The molecule has 7 heteroatoms. The molecule has 0 bridgehead atoms. The summed E-state index contributed by atoms with van der Waals surface area (Å²) in [4.78, 5) is 11.0. The number of fused-ring (bicyclic) bond motifs is 1. The van der Waals surface area contributed by atoms with E-state index in [1.54, 1.807) is 31.9 Å². The molecular weight excluding hydrogens is 336 g/mol. The van der Waals surface area contributed by atoms with Gasteiger partial charge in [0.2, 0.25) is 0 Å². The molecule has 6 nitrogen and oxygen atoms in total. The van der Waals surface area contributed by atoms with Crippen molar-refractivity contribution in [3.05, 3.63) is 41.5 Å². The van der Waals surface area contributed by atoms with Crippen LogP contribution in [-0.2, 0) is 0 Å². The van der Waals surface area contributed by atoms with Crippen molar-refractivity contribution < 1.29 is 14.4 Å². The molecular formula is C18H23N4O2S+. The molecule has 132 valence electrons. The normalized spacial score (nSPS) is 12.4. The van der Waals surface area contributed by atoms with Gasteiger partial charge in [-0.25, -0.2) is 9.97 Å². The van der Waals surface area contributed by atoms with Gasteiger partial charge in [-0.15, -0.1) is 11.3 Å². The molecule has 0 aliphatic carbocycles. The topological polar surface area (TPSA) is 60.7 Å². The SMILES string of the molecule is COc1ccc([C@@H](CNc2ncnc3sccc23)[NH+](C)C)cc1OC. The number of nitrogens with zero attached hydrogens (tertiary/aromatic N) is 2. The lowest BCUT2D eigenvalue weighted by atomic mass is 10.0. The van der Waals surface area contributed by atoms with Crippen molar-refractivity contribution >= 4 is 27.4 Å². The third kappa shape index (κ3) is 3.67. The Morgan fingerprint density at radius 2 is 1.92 bits per heavy atom. The second-order valence-electron chi connectivity index (χ2n) is 5.99. The third-order valence-electron chi connectivity index (χ3n) is 4.24. The summed E-state index contributed by atoms with van der Waals surface area (Å²) in [6.45, 7) is 0.750. The Labute approximate surface area is 151 Å². The van der Waals surface area contributed by atoms with Gasteiger partial charge < -0.3 is 19.7 Å². The van der Waals surface area contributed by atoms with Gasteiger partial charge in [0.05, 0.1) is 40.2 Å². The van der Waals surface area contributed by atoms with Crippen LogP contribution in [0.1, 0.15) is 11.6 Å². The third-order valence-corrected chi connectivity index (χ3v) is 5.06. The maximum Gasteiger partial charge on any atom is 0.161 e. The Morgan fingerprint density at radius 1 is 1.12 bits per heavy atom. The molecule has 3 rings (SSSR count). The summed E-state index contributed by atoms with van der Waals surface area (Å²) in [5.41, 5.74) is 1.18. The molecule has 0 aliphatic heterocycles. The number of quaternary nitrogens is 1. The van der Waals surface area contributed by atoms with E-state index in [0.717, 1.165) is 34.1 Å². The molecule has 0 fully saturated rings. The highest BCUT2D eigenvalue weighted by Gasteiger charge is 2.20. The molecule has 0 aliphatic rings. The number of likely N-dealkylation sites (N-methyl/N-ethyl adjacent to an activating group) is 1. The zero-order valence-corrected chi connectivity index (χ0v) is 15.7. The summed E-state index contributed by atoms with van der Waals surface area (Å²) in [6, 6.07) is 8.37. The molecule has 1 aromatic carbocycles. The van der Waals surface area contributed by atoms with E-state index in [-0.39, 0.29) is 6.04 Å². The molecule has 2 aromatic heterocycles. The zero-order chi connectivity index (χ0) is 17.8. The van der Waals surface area contributed by atoms with E-state index in [0.29, 0.717) is 0 Å². The van der Waals surface area contributed by atoms with E-state index >= 15 is 0 Å². The van der Waals surface area contributed by atoms with Crippen LogP contribution in [-0.4, -0.2) is 44.8 Å². The highest BCUT2D eigenvalue weighted by Crippen LogP contribution is 2.30. The summed E-state index contributed by atoms with van der Waals surface area (Å²) in [7, 11) is 7.59. The number of hydrogen-bond donors (Lipinski definition) is 2. The first-order valence-electron chi connectivity index (χ1n) is 8.08. The van der Waals surface area contributed by atoms with Crippen LogP contribution in [0.4, 0.5) is 5.82 Å². The second-order valence-corrected chi connectivity index (χ2v) is 6.88. The zero-order valence-electron chi connectivity index (χ0n) is 14.9. The lowest BCUT2D eigenvalue weighted by Crippen LogP contribution is -3.06. The lowest BCUT2D eigenvalue weighted by molar-refractivity contribution is -0.890. The quantitative estimate of drug-likeness (QED) is 0.676. The highest BCUT2D eigenvalue weighted by molar-refractivity contribution is 7.16. The largest absolute Gasteiger partial charge is 0.493 e. The monoisotopic (exact) mass is 359 g/mol. The van der Waals surface area contributed by atoms with Crippen molar-refractivity contribution in [2.24, 2.45) is 0 Å². The highest BCUT2D eigenvalue weighted by atomic mass is 32.1. The summed E-state index contributed by atoms with van der Waals surface area (Å²) in [6.07, 6.45) is 1.61. The molecule has 0 radical (unpaired) electrons. The fraction of sp³-hybridized carbons (Fsp3) is 0.333. The number of aromatic nitrogens is 2. The van der Waals surface area contributed by atoms with Gasteiger partial charge in [0.1, 0.15) is 23.0 Å². The van der Waals surface area contributed by atoms with Gasteiger partial charge in [0, 0.05) is 5.56 Å². The predicted octanol–water partition coefficient (Wildman–Crippen LogP) is 2.01. The van der Waals surface area contributed by atoms with Crippen LogP contribution >= 0.6 is 11.3 Å². The maximum atomic E-state index is 5.44. The Kier molecular flexibility index (Phi) is 5.35. The van der Waals surface area contributed by atoms with E-state index in [2.05, 4.69) is 41.5 Å². The summed E-state index contributed by atoms with van der Waals surface area (Å²) >= 11 is 1.62. The average molecular weight is 359 g/mol. The molecule has 0 spiro atoms. The Hall–Kier alpha value is -2.38. The minimum absolute atomic E-state index is 0.239. The van der Waals surface area contributed by atoms with Gasteiger partial charge in [0.25, 0.3) is 0 Å². The second kappa shape index (κ2) is 7.67. The Morgan fingerprint density at radius 3 is 2.64 bits per heavy atom. The first-order valence-corrected chi connectivity index (χ1v) is 8.96. The van der Waals surface area contributed by atoms with Crippen LogP contribution in [0.3, 0.4) is 0 Å². The lowest BCUT2D eigenvalue weighted by Gasteiger charge is -2.23. The Balaban J connectivity index is 1.83. The van der Waals surface area contributed by atoms with Gasteiger partial charge >= 0.3 is 0 Å². The van der Waals surface area contributed by atoms with Crippen molar-refractivity contribution in [1.29, 1.82) is 0 Å².